The number of halogens is 3. The van der Waals surface area contributed by atoms with Crippen molar-refractivity contribution in [3.63, 3.8) is 0 Å². The van der Waals surface area contributed by atoms with E-state index in [1.165, 1.54) is 6.07 Å². The molecule has 0 unspecified atom stereocenters. The number of aliphatic imine (C=N–C) groups is 1. The first-order valence-electron chi connectivity index (χ1n) is 8.08. The van der Waals surface area contributed by atoms with E-state index in [-0.39, 0.29) is 29.8 Å². The zero-order chi connectivity index (χ0) is 19.1. The molecule has 2 rings (SSSR count). The van der Waals surface area contributed by atoms with Gasteiger partial charge in [0.25, 0.3) is 0 Å². The van der Waals surface area contributed by atoms with Crippen molar-refractivity contribution in [3.05, 3.63) is 57.3 Å². The monoisotopic (exact) mass is 551 g/mol. The fourth-order valence-corrected chi connectivity index (χ4v) is 3.06. The van der Waals surface area contributed by atoms with Crippen LogP contribution in [0.1, 0.15) is 16.7 Å². The first-order chi connectivity index (χ1) is 12.5. The number of hydrogen-bond donors (Lipinski definition) is 2. The number of nitrogens with one attached hydrogen (secondary N) is 2. The Labute approximate surface area is 184 Å². The molecule has 27 heavy (non-hydrogen) atoms. The SMILES string of the molecule is CN=C(NCc1ccc(C)c(F)c1)NCc1cc(Br)c(OC)c(OC)c1.I. The summed E-state index contributed by atoms with van der Waals surface area (Å²) in [7, 11) is 4.89. The lowest BCUT2D eigenvalue weighted by molar-refractivity contribution is 0.352. The summed E-state index contributed by atoms with van der Waals surface area (Å²) in [6.07, 6.45) is 0. The minimum Gasteiger partial charge on any atom is -0.493 e. The molecule has 0 aromatic heterocycles. The van der Waals surface area contributed by atoms with Gasteiger partial charge in [-0.05, 0) is 57.7 Å². The van der Waals surface area contributed by atoms with Crippen LogP contribution < -0.4 is 20.1 Å². The van der Waals surface area contributed by atoms with E-state index in [0.29, 0.717) is 36.1 Å². The van der Waals surface area contributed by atoms with Crippen molar-refractivity contribution in [2.45, 2.75) is 20.0 Å². The third-order valence-corrected chi connectivity index (χ3v) is 4.46. The van der Waals surface area contributed by atoms with Crippen LogP contribution in [-0.2, 0) is 13.1 Å². The van der Waals surface area contributed by atoms with Crippen molar-refractivity contribution in [3.8, 4) is 11.5 Å². The number of ether oxygens (including phenoxy) is 2. The van der Waals surface area contributed by atoms with Gasteiger partial charge in [0.15, 0.2) is 17.5 Å². The molecule has 0 saturated heterocycles. The van der Waals surface area contributed by atoms with Crippen LogP contribution in [0.25, 0.3) is 0 Å². The molecule has 0 aliphatic heterocycles. The topological polar surface area (TPSA) is 54.9 Å². The molecule has 0 spiro atoms. The van der Waals surface area contributed by atoms with Crippen LogP contribution >= 0.6 is 39.9 Å². The molecule has 2 aromatic carbocycles. The Morgan fingerprint density at radius 2 is 1.74 bits per heavy atom. The standard InChI is InChI=1S/C19H23BrFN3O2.HI/c1-12-5-6-13(8-16(12)21)10-23-19(22-2)24-11-14-7-15(20)18(26-4)17(9-14)25-3;/h5-9H,10-11H2,1-4H3,(H2,22,23,24);1H. The fourth-order valence-electron chi connectivity index (χ4n) is 2.41. The molecule has 0 bridgehead atoms. The van der Waals surface area contributed by atoms with Gasteiger partial charge in [0.05, 0.1) is 18.7 Å². The molecule has 8 heteroatoms. The molecule has 0 amide bonds. The summed E-state index contributed by atoms with van der Waals surface area (Å²) < 4.78 is 25.1. The lowest BCUT2D eigenvalue weighted by Gasteiger charge is -2.15. The van der Waals surface area contributed by atoms with Crippen molar-refractivity contribution >= 4 is 45.9 Å². The second kappa shape index (κ2) is 11.3. The molecule has 2 N–H and O–H groups in total. The molecule has 0 saturated carbocycles. The summed E-state index contributed by atoms with van der Waals surface area (Å²) in [6, 6.07) is 9.05. The molecule has 0 radical (unpaired) electrons. The van der Waals surface area contributed by atoms with Gasteiger partial charge in [-0.3, -0.25) is 4.99 Å². The minimum absolute atomic E-state index is 0. The maximum atomic E-state index is 13.6. The Morgan fingerprint density at radius 1 is 1.07 bits per heavy atom. The Morgan fingerprint density at radius 3 is 2.30 bits per heavy atom. The lowest BCUT2D eigenvalue weighted by Crippen LogP contribution is -2.36. The second-order valence-corrected chi connectivity index (χ2v) is 6.53. The summed E-state index contributed by atoms with van der Waals surface area (Å²) in [6.45, 7) is 2.77. The highest BCUT2D eigenvalue weighted by atomic mass is 127. The summed E-state index contributed by atoms with van der Waals surface area (Å²) in [5.74, 6) is 1.72. The molecule has 0 fully saturated rings. The predicted octanol–water partition coefficient (Wildman–Crippen LogP) is 4.40. The first-order valence-corrected chi connectivity index (χ1v) is 8.87. The van der Waals surface area contributed by atoms with Crippen molar-refractivity contribution in [2.75, 3.05) is 21.3 Å². The van der Waals surface area contributed by atoms with Crippen LogP contribution in [0, 0.1) is 12.7 Å². The molecule has 2 aromatic rings. The van der Waals surface area contributed by atoms with E-state index in [0.717, 1.165) is 15.6 Å². The highest BCUT2D eigenvalue weighted by molar-refractivity contribution is 14.0. The smallest absolute Gasteiger partial charge is 0.191 e. The van der Waals surface area contributed by atoms with Crippen molar-refractivity contribution in [2.24, 2.45) is 4.99 Å². The van der Waals surface area contributed by atoms with Crippen molar-refractivity contribution in [1.29, 1.82) is 0 Å². The maximum Gasteiger partial charge on any atom is 0.191 e. The molecule has 0 atom stereocenters. The fraction of sp³-hybridized carbons (Fsp3) is 0.316. The van der Waals surface area contributed by atoms with Gasteiger partial charge in [-0.15, -0.1) is 24.0 Å². The van der Waals surface area contributed by atoms with E-state index < -0.39 is 0 Å². The van der Waals surface area contributed by atoms with Crippen molar-refractivity contribution in [1.82, 2.24) is 10.6 Å². The Balaban J connectivity index is 0.00000364. The van der Waals surface area contributed by atoms with E-state index in [9.17, 15) is 4.39 Å². The summed E-state index contributed by atoms with van der Waals surface area (Å²) in [5, 5.41) is 6.40. The Hall–Kier alpha value is -1.55. The van der Waals surface area contributed by atoms with E-state index in [1.807, 2.05) is 18.2 Å². The molecule has 0 aliphatic rings. The van der Waals surface area contributed by atoms with Gasteiger partial charge in [0.1, 0.15) is 5.82 Å². The van der Waals surface area contributed by atoms with Gasteiger partial charge in [-0.2, -0.15) is 0 Å². The van der Waals surface area contributed by atoms with Gasteiger partial charge < -0.3 is 20.1 Å². The molecule has 0 aliphatic carbocycles. The van der Waals surface area contributed by atoms with E-state index in [4.69, 9.17) is 9.47 Å². The number of aryl methyl sites for hydroxylation is 1. The zero-order valence-corrected chi connectivity index (χ0v) is 19.6. The van der Waals surface area contributed by atoms with Gasteiger partial charge in [-0.1, -0.05) is 12.1 Å². The average molecular weight is 552 g/mol. The number of nitrogens with zero attached hydrogens (tertiary/aromatic N) is 1. The van der Waals surface area contributed by atoms with Gasteiger partial charge in [0.2, 0.25) is 0 Å². The molecular weight excluding hydrogens is 528 g/mol. The molecular formula is C19H24BrFIN3O2. The van der Waals surface area contributed by atoms with Crippen molar-refractivity contribution < 1.29 is 13.9 Å². The summed E-state index contributed by atoms with van der Waals surface area (Å²) in [5.41, 5.74) is 2.49. The van der Waals surface area contributed by atoms with Gasteiger partial charge >= 0.3 is 0 Å². The van der Waals surface area contributed by atoms with Crippen LogP contribution in [0.2, 0.25) is 0 Å². The zero-order valence-electron chi connectivity index (χ0n) is 15.7. The Kier molecular flexibility index (Phi) is 9.86. The number of benzene rings is 2. The van der Waals surface area contributed by atoms with Crippen LogP contribution in [0.15, 0.2) is 39.8 Å². The molecule has 148 valence electrons. The second-order valence-electron chi connectivity index (χ2n) is 5.68. The van der Waals surface area contributed by atoms with E-state index >= 15 is 0 Å². The predicted molar refractivity (Wildman–Crippen MR) is 121 cm³/mol. The highest BCUT2D eigenvalue weighted by Gasteiger charge is 2.11. The maximum absolute atomic E-state index is 13.6. The first kappa shape index (κ1) is 23.5. The number of hydrogen-bond acceptors (Lipinski definition) is 3. The van der Waals surface area contributed by atoms with Crippen LogP contribution in [0.5, 0.6) is 11.5 Å². The van der Waals surface area contributed by atoms with E-state index in [2.05, 4.69) is 31.6 Å². The normalized spacial score (nSPS) is 10.8. The van der Waals surface area contributed by atoms with Crippen LogP contribution in [0.3, 0.4) is 0 Å². The quantitative estimate of drug-likeness (QED) is 0.317. The molecule has 5 nitrogen and oxygen atoms in total. The number of guanidine groups is 1. The average Bonchev–Trinajstić information content (AvgIpc) is 2.64. The number of methoxy groups -OCH3 is 2. The summed E-state index contributed by atoms with van der Waals surface area (Å²) in [4.78, 5) is 4.19. The third kappa shape index (κ3) is 6.53. The summed E-state index contributed by atoms with van der Waals surface area (Å²) >= 11 is 3.48. The Bertz CT molecular complexity index is 803. The molecule has 0 heterocycles. The minimum atomic E-state index is -0.206. The number of rotatable bonds is 6. The van der Waals surface area contributed by atoms with Gasteiger partial charge in [-0.25, -0.2) is 4.39 Å². The largest absolute Gasteiger partial charge is 0.493 e. The third-order valence-electron chi connectivity index (χ3n) is 3.87. The lowest BCUT2D eigenvalue weighted by atomic mass is 10.1. The highest BCUT2D eigenvalue weighted by Crippen LogP contribution is 2.36. The van der Waals surface area contributed by atoms with Crippen LogP contribution in [-0.4, -0.2) is 27.2 Å². The van der Waals surface area contributed by atoms with E-state index in [1.54, 1.807) is 34.3 Å². The van der Waals surface area contributed by atoms with Crippen LogP contribution in [0.4, 0.5) is 4.39 Å². The van der Waals surface area contributed by atoms with Gasteiger partial charge in [0, 0.05) is 20.1 Å².